The Bertz CT molecular complexity index is 690. The maximum atomic E-state index is 10.8. The number of nitrogens with zero attached hydrogens (tertiary/aromatic N) is 2. The van der Waals surface area contributed by atoms with Gasteiger partial charge in [0.2, 0.25) is 0 Å². The molecule has 0 aromatic heterocycles. The van der Waals surface area contributed by atoms with Crippen LogP contribution in [0.4, 0.5) is 5.69 Å². The summed E-state index contributed by atoms with van der Waals surface area (Å²) >= 11 is 0. The lowest BCUT2D eigenvalue weighted by Crippen LogP contribution is -2.38. The summed E-state index contributed by atoms with van der Waals surface area (Å²) in [7, 11) is 0. The van der Waals surface area contributed by atoms with Crippen LogP contribution in [0.5, 0.6) is 0 Å². The molecule has 4 rings (SSSR count). The highest BCUT2D eigenvalue weighted by atomic mass is 16.6. The van der Waals surface area contributed by atoms with Gasteiger partial charge in [-0.2, -0.15) is 0 Å². The summed E-state index contributed by atoms with van der Waals surface area (Å²) in [6, 6.07) is 7.14. The van der Waals surface area contributed by atoms with Crippen LogP contribution in [-0.2, 0) is 0 Å². The number of hydrogen-bond donors (Lipinski definition) is 0. The van der Waals surface area contributed by atoms with Crippen LogP contribution in [-0.4, -0.2) is 17.2 Å². The molecule has 1 saturated carbocycles. The lowest BCUT2D eigenvalue weighted by Gasteiger charge is -2.44. The molecule has 0 amide bonds. The van der Waals surface area contributed by atoms with Gasteiger partial charge in [-0.1, -0.05) is 17.6 Å². The summed E-state index contributed by atoms with van der Waals surface area (Å²) in [5, 5.41) is 10.8. The molecule has 126 valence electrons. The van der Waals surface area contributed by atoms with Gasteiger partial charge >= 0.3 is 0 Å². The zero-order chi connectivity index (χ0) is 16.5. The molecule has 24 heavy (non-hydrogen) atoms. The van der Waals surface area contributed by atoms with E-state index in [4.69, 9.17) is 4.99 Å². The molecule has 1 fully saturated rings. The molecule has 4 nitrogen and oxygen atoms in total. The maximum absolute atomic E-state index is 10.8. The van der Waals surface area contributed by atoms with Gasteiger partial charge in [-0.3, -0.25) is 15.1 Å². The van der Waals surface area contributed by atoms with Crippen molar-refractivity contribution in [3.8, 4) is 0 Å². The van der Waals surface area contributed by atoms with Crippen LogP contribution in [0, 0.1) is 22.0 Å². The Hall–Kier alpha value is -1.97. The van der Waals surface area contributed by atoms with Gasteiger partial charge in [0.05, 0.1) is 11.0 Å². The Morgan fingerprint density at radius 1 is 1.08 bits per heavy atom. The van der Waals surface area contributed by atoms with E-state index in [0.717, 1.165) is 5.56 Å². The molecule has 0 unspecified atom stereocenters. The number of benzene rings is 1. The summed E-state index contributed by atoms with van der Waals surface area (Å²) in [5.74, 6) is 1.36. The predicted octanol–water partition coefficient (Wildman–Crippen LogP) is 5.07. The van der Waals surface area contributed by atoms with Crippen molar-refractivity contribution in [2.45, 2.75) is 57.4 Å². The largest absolute Gasteiger partial charge is 0.288 e. The van der Waals surface area contributed by atoms with Crippen molar-refractivity contribution >= 4 is 11.9 Å². The molecule has 1 aromatic rings. The van der Waals surface area contributed by atoms with Crippen LogP contribution in [0.15, 0.2) is 40.4 Å². The molecular formula is C20H24N2O2. The molecule has 4 heteroatoms. The van der Waals surface area contributed by atoms with E-state index in [9.17, 15) is 10.1 Å². The number of aliphatic imine (C=N–C) groups is 1. The smallest absolute Gasteiger partial charge is 0.269 e. The Morgan fingerprint density at radius 3 is 2.67 bits per heavy atom. The third kappa shape index (κ3) is 2.90. The second-order valence-corrected chi connectivity index (χ2v) is 7.45. The first-order valence-electron chi connectivity index (χ1n) is 9.21. The van der Waals surface area contributed by atoms with Crippen LogP contribution >= 0.6 is 0 Å². The first-order chi connectivity index (χ1) is 11.7. The zero-order valence-corrected chi connectivity index (χ0v) is 14.0. The van der Waals surface area contributed by atoms with Gasteiger partial charge in [-0.15, -0.1) is 0 Å². The van der Waals surface area contributed by atoms with E-state index in [1.54, 1.807) is 35.4 Å². The highest BCUT2D eigenvalue weighted by molar-refractivity contribution is 5.80. The SMILES string of the molecule is O=[N+]([O-])c1ccc(C=N[C@@H]2[C@H]3CCC[C@H]2C2=C(CCCC2)C3)cc1. The number of hydrogen-bond acceptors (Lipinski definition) is 3. The van der Waals surface area contributed by atoms with E-state index >= 15 is 0 Å². The molecule has 0 aliphatic heterocycles. The standard InChI is InChI=1S/C20H24N2O2/c23-22(24)17-10-8-14(9-11-17)13-21-20-16-5-3-7-19(20)18-6-2-1-4-15(18)12-16/h8-11,13,16,19-20H,1-7,12H2/t16-,19-,20+/m0/s1. The van der Waals surface area contributed by atoms with Crippen molar-refractivity contribution in [3.05, 3.63) is 51.1 Å². The zero-order valence-electron chi connectivity index (χ0n) is 14.0. The third-order valence-electron chi connectivity index (χ3n) is 6.07. The van der Waals surface area contributed by atoms with Gasteiger partial charge in [0, 0.05) is 24.3 Å². The average Bonchev–Trinajstić information content (AvgIpc) is 2.60. The fourth-order valence-corrected chi connectivity index (χ4v) is 4.94. The highest BCUT2D eigenvalue weighted by Gasteiger charge is 2.40. The predicted molar refractivity (Wildman–Crippen MR) is 95.4 cm³/mol. The van der Waals surface area contributed by atoms with Crippen LogP contribution in [0.25, 0.3) is 0 Å². The molecular weight excluding hydrogens is 300 g/mol. The normalized spacial score (nSPS) is 29.6. The molecule has 0 N–H and O–H groups in total. The van der Waals surface area contributed by atoms with Crippen LogP contribution < -0.4 is 0 Å². The van der Waals surface area contributed by atoms with Gasteiger partial charge in [0.15, 0.2) is 0 Å². The minimum atomic E-state index is -0.358. The summed E-state index contributed by atoms with van der Waals surface area (Å²) in [5.41, 5.74) is 4.60. The summed E-state index contributed by atoms with van der Waals surface area (Å²) in [4.78, 5) is 15.4. The Morgan fingerprint density at radius 2 is 1.88 bits per heavy atom. The maximum Gasteiger partial charge on any atom is 0.269 e. The van der Waals surface area contributed by atoms with E-state index in [2.05, 4.69) is 0 Å². The number of fused-ring (bicyclic) bond motifs is 3. The molecule has 0 spiro atoms. The van der Waals surface area contributed by atoms with Gasteiger partial charge in [0.1, 0.15) is 0 Å². The minimum absolute atomic E-state index is 0.138. The first kappa shape index (κ1) is 15.6. The Balaban J connectivity index is 1.55. The molecule has 0 saturated heterocycles. The van der Waals surface area contributed by atoms with Gasteiger partial charge in [-0.05, 0) is 68.6 Å². The van der Waals surface area contributed by atoms with Crippen LogP contribution in [0.2, 0.25) is 0 Å². The number of nitro groups is 1. The monoisotopic (exact) mass is 324 g/mol. The lowest BCUT2D eigenvalue weighted by molar-refractivity contribution is -0.384. The lowest BCUT2D eigenvalue weighted by atomic mass is 9.63. The molecule has 3 aliphatic rings. The third-order valence-corrected chi connectivity index (χ3v) is 6.07. The summed E-state index contributed by atoms with van der Waals surface area (Å²) in [6.45, 7) is 0. The van der Waals surface area contributed by atoms with Gasteiger partial charge in [-0.25, -0.2) is 0 Å². The summed E-state index contributed by atoms with van der Waals surface area (Å²) < 4.78 is 0. The van der Waals surface area contributed by atoms with Crippen molar-refractivity contribution in [2.24, 2.45) is 16.8 Å². The summed E-state index contributed by atoms with van der Waals surface area (Å²) in [6.07, 6.45) is 12.5. The molecule has 0 heterocycles. The first-order valence-corrected chi connectivity index (χ1v) is 9.21. The second kappa shape index (κ2) is 6.50. The van der Waals surface area contributed by atoms with Crippen LogP contribution in [0.3, 0.4) is 0 Å². The molecule has 3 atom stereocenters. The van der Waals surface area contributed by atoms with Gasteiger partial charge in [0.25, 0.3) is 5.69 Å². The topological polar surface area (TPSA) is 55.5 Å². The van der Waals surface area contributed by atoms with Crippen molar-refractivity contribution < 1.29 is 4.92 Å². The van der Waals surface area contributed by atoms with E-state index in [1.165, 1.54) is 51.4 Å². The average molecular weight is 324 g/mol. The van der Waals surface area contributed by atoms with Crippen molar-refractivity contribution in [1.82, 2.24) is 0 Å². The Labute approximate surface area is 142 Å². The number of non-ortho nitro benzene ring substituents is 1. The highest BCUT2D eigenvalue weighted by Crippen LogP contribution is 2.49. The Kier molecular flexibility index (Phi) is 4.21. The van der Waals surface area contributed by atoms with Crippen molar-refractivity contribution in [2.75, 3.05) is 0 Å². The minimum Gasteiger partial charge on any atom is -0.288 e. The van der Waals surface area contributed by atoms with E-state index in [0.29, 0.717) is 17.9 Å². The number of nitro benzene ring substituents is 1. The molecule has 3 aliphatic carbocycles. The quantitative estimate of drug-likeness (QED) is 0.337. The molecule has 1 aromatic carbocycles. The molecule has 0 radical (unpaired) electrons. The van der Waals surface area contributed by atoms with Crippen LogP contribution in [0.1, 0.15) is 56.9 Å². The van der Waals surface area contributed by atoms with Crippen molar-refractivity contribution in [3.63, 3.8) is 0 Å². The second-order valence-electron chi connectivity index (χ2n) is 7.45. The fourth-order valence-electron chi connectivity index (χ4n) is 4.94. The van der Waals surface area contributed by atoms with E-state index in [1.807, 2.05) is 6.21 Å². The number of allylic oxidation sites excluding steroid dienone is 1. The number of rotatable bonds is 3. The van der Waals surface area contributed by atoms with E-state index in [-0.39, 0.29) is 10.6 Å². The fraction of sp³-hybridized carbons (Fsp3) is 0.550. The van der Waals surface area contributed by atoms with Crippen molar-refractivity contribution in [1.29, 1.82) is 0 Å². The van der Waals surface area contributed by atoms with E-state index < -0.39 is 0 Å². The molecule has 2 bridgehead atoms. The van der Waals surface area contributed by atoms with Gasteiger partial charge < -0.3 is 0 Å².